The minimum atomic E-state index is 0.283. The molecular formula is C32H37N3O3. The highest BCUT2D eigenvalue weighted by atomic mass is 16.7. The number of hydrogen-bond donors (Lipinski definition) is 0. The molecule has 2 heterocycles. The third-order valence-electron chi connectivity index (χ3n) is 6.93. The van der Waals surface area contributed by atoms with E-state index >= 15 is 0 Å². The van der Waals surface area contributed by atoms with Crippen LogP contribution in [0.5, 0.6) is 17.2 Å². The molecule has 5 rings (SSSR count). The zero-order chi connectivity index (χ0) is 26.3. The summed E-state index contributed by atoms with van der Waals surface area (Å²) in [4.78, 5) is 2.48. The zero-order valence-electron chi connectivity index (χ0n) is 22.7. The number of aromatic nitrogens is 2. The molecule has 0 unspecified atom stereocenters. The highest BCUT2D eigenvalue weighted by Crippen LogP contribution is 2.34. The van der Waals surface area contributed by atoms with Gasteiger partial charge in [-0.1, -0.05) is 61.9 Å². The second-order valence-electron chi connectivity index (χ2n) is 9.78. The Kier molecular flexibility index (Phi) is 8.29. The van der Waals surface area contributed by atoms with Gasteiger partial charge in [-0.25, -0.2) is 0 Å². The molecule has 0 atom stereocenters. The third-order valence-corrected chi connectivity index (χ3v) is 6.93. The molecule has 6 nitrogen and oxygen atoms in total. The lowest BCUT2D eigenvalue weighted by Gasteiger charge is -2.24. The number of hydrogen-bond acceptors (Lipinski definition) is 5. The normalized spacial score (nSPS) is 12.3. The van der Waals surface area contributed by atoms with E-state index in [1.165, 1.54) is 27.9 Å². The first kappa shape index (κ1) is 25.9. The van der Waals surface area contributed by atoms with E-state index in [4.69, 9.17) is 19.3 Å². The van der Waals surface area contributed by atoms with Crippen LogP contribution in [-0.2, 0) is 33.1 Å². The monoisotopic (exact) mass is 511 g/mol. The molecule has 198 valence electrons. The van der Waals surface area contributed by atoms with Crippen LogP contribution in [0.2, 0.25) is 0 Å². The Labute approximate surface area is 225 Å². The fourth-order valence-electron chi connectivity index (χ4n) is 5.08. The second-order valence-corrected chi connectivity index (χ2v) is 9.78. The smallest absolute Gasteiger partial charge is 0.231 e. The summed E-state index contributed by atoms with van der Waals surface area (Å²) in [6.07, 6.45) is 3.30. The lowest BCUT2D eigenvalue weighted by atomic mass is 10.0. The van der Waals surface area contributed by atoms with Crippen molar-refractivity contribution in [3.8, 4) is 28.5 Å². The summed E-state index contributed by atoms with van der Waals surface area (Å²) in [6, 6.07) is 25.2. The predicted molar refractivity (Wildman–Crippen MR) is 150 cm³/mol. The molecule has 0 amide bonds. The molecule has 0 fully saturated rings. The van der Waals surface area contributed by atoms with Crippen molar-refractivity contribution in [1.29, 1.82) is 0 Å². The largest absolute Gasteiger partial charge is 0.494 e. The number of benzene rings is 3. The van der Waals surface area contributed by atoms with Crippen molar-refractivity contribution < 1.29 is 14.2 Å². The topological polar surface area (TPSA) is 48.8 Å². The van der Waals surface area contributed by atoms with Crippen LogP contribution in [0.15, 0.2) is 72.8 Å². The van der Waals surface area contributed by atoms with Crippen LogP contribution in [0, 0.1) is 0 Å². The predicted octanol–water partition coefficient (Wildman–Crippen LogP) is 6.76. The van der Waals surface area contributed by atoms with Crippen molar-refractivity contribution >= 4 is 0 Å². The molecule has 0 aliphatic carbocycles. The molecule has 0 N–H and O–H groups in total. The fourth-order valence-corrected chi connectivity index (χ4v) is 5.08. The summed E-state index contributed by atoms with van der Waals surface area (Å²) < 4.78 is 19.1. The van der Waals surface area contributed by atoms with Crippen LogP contribution in [0.25, 0.3) is 11.3 Å². The van der Waals surface area contributed by atoms with Gasteiger partial charge in [0.05, 0.1) is 18.0 Å². The van der Waals surface area contributed by atoms with E-state index < -0.39 is 0 Å². The minimum absolute atomic E-state index is 0.283. The van der Waals surface area contributed by atoms with Gasteiger partial charge >= 0.3 is 0 Å². The quantitative estimate of drug-likeness (QED) is 0.210. The van der Waals surface area contributed by atoms with Crippen molar-refractivity contribution in [2.24, 2.45) is 7.05 Å². The summed E-state index contributed by atoms with van der Waals surface area (Å²) in [5, 5.41) is 5.02. The van der Waals surface area contributed by atoms with Gasteiger partial charge < -0.3 is 14.2 Å². The van der Waals surface area contributed by atoms with Crippen LogP contribution in [0.3, 0.4) is 0 Å². The lowest BCUT2D eigenvalue weighted by molar-refractivity contribution is 0.174. The van der Waals surface area contributed by atoms with Gasteiger partial charge in [0.1, 0.15) is 5.75 Å². The second kappa shape index (κ2) is 12.2. The van der Waals surface area contributed by atoms with Gasteiger partial charge in [-0.15, -0.1) is 0 Å². The molecule has 0 saturated carbocycles. The molecular weight excluding hydrogens is 474 g/mol. The molecule has 1 aliphatic rings. The molecule has 4 aromatic rings. The average Bonchev–Trinajstić information content (AvgIpc) is 3.52. The van der Waals surface area contributed by atoms with Crippen molar-refractivity contribution in [3.63, 3.8) is 0 Å². The van der Waals surface area contributed by atoms with Crippen LogP contribution in [0.1, 0.15) is 49.1 Å². The van der Waals surface area contributed by atoms with Gasteiger partial charge in [-0.3, -0.25) is 9.58 Å². The van der Waals surface area contributed by atoms with Gasteiger partial charge in [-0.2, -0.15) is 5.10 Å². The van der Waals surface area contributed by atoms with Crippen LogP contribution in [-0.4, -0.2) is 28.1 Å². The SMILES string of the molecule is CCCCc1c(-c2ccccc2)nn(C)c1CN(Cc1cccc(OCC)c1)Cc1ccc2c(c1)OCO2. The summed E-state index contributed by atoms with van der Waals surface area (Å²) in [5.74, 6) is 2.53. The van der Waals surface area contributed by atoms with Gasteiger partial charge in [0.15, 0.2) is 11.5 Å². The lowest BCUT2D eigenvalue weighted by Crippen LogP contribution is -2.24. The zero-order valence-corrected chi connectivity index (χ0v) is 22.7. The summed E-state index contributed by atoms with van der Waals surface area (Å²) in [5.41, 5.74) is 7.29. The average molecular weight is 512 g/mol. The Morgan fingerprint density at radius 1 is 0.868 bits per heavy atom. The summed E-state index contributed by atoms with van der Waals surface area (Å²) in [7, 11) is 2.08. The van der Waals surface area contributed by atoms with Crippen LogP contribution in [0.4, 0.5) is 0 Å². The van der Waals surface area contributed by atoms with E-state index in [1.807, 2.05) is 19.1 Å². The molecule has 0 saturated heterocycles. The molecule has 3 aromatic carbocycles. The molecule has 0 spiro atoms. The molecule has 1 aromatic heterocycles. The number of unbranched alkanes of at least 4 members (excludes halogenated alkanes) is 1. The Morgan fingerprint density at radius 3 is 2.45 bits per heavy atom. The Hall–Kier alpha value is -3.77. The van der Waals surface area contributed by atoms with E-state index in [0.29, 0.717) is 6.61 Å². The van der Waals surface area contributed by atoms with Gasteiger partial charge in [-0.05, 0) is 55.2 Å². The van der Waals surface area contributed by atoms with E-state index in [2.05, 4.69) is 84.2 Å². The summed E-state index contributed by atoms with van der Waals surface area (Å²) in [6.45, 7) is 7.54. The van der Waals surface area contributed by atoms with E-state index in [9.17, 15) is 0 Å². The van der Waals surface area contributed by atoms with Crippen molar-refractivity contribution in [2.75, 3.05) is 13.4 Å². The minimum Gasteiger partial charge on any atom is -0.494 e. The van der Waals surface area contributed by atoms with Gasteiger partial charge in [0.2, 0.25) is 6.79 Å². The highest BCUT2D eigenvalue weighted by molar-refractivity contribution is 5.64. The molecule has 1 aliphatic heterocycles. The first-order chi connectivity index (χ1) is 18.6. The first-order valence-corrected chi connectivity index (χ1v) is 13.6. The molecule has 38 heavy (non-hydrogen) atoms. The van der Waals surface area contributed by atoms with E-state index in [1.54, 1.807) is 0 Å². The maximum atomic E-state index is 5.79. The number of nitrogens with zero attached hydrogens (tertiary/aromatic N) is 3. The maximum absolute atomic E-state index is 5.79. The highest BCUT2D eigenvalue weighted by Gasteiger charge is 2.21. The fraction of sp³-hybridized carbons (Fsp3) is 0.344. The third kappa shape index (κ3) is 6.03. The Balaban J connectivity index is 1.48. The van der Waals surface area contributed by atoms with Crippen molar-refractivity contribution in [1.82, 2.24) is 14.7 Å². The van der Waals surface area contributed by atoms with Crippen molar-refractivity contribution in [3.05, 3.63) is 95.2 Å². The summed E-state index contributed by atoms with van der Waals surface area (Å²) >= 11 is 0. The Bertz CT molecular complexity index is 1350. The molecule has 6 heteroatoms. The standard InChI is InChI=1S/C32H37N3O3/c1-4-6-15-28-29(34(3)33-32(28)26-12-8-7-9-13-26)22-35(20-24-11-10-14-27(18-24)36-5-2)21-25-16-17-30-31(19-25)38-23-37-30/h7-14,16-19H,4-6,15,20-23H2,1-3H3. The maximum Gasteiger partial charge on any atom is 0.231 e. The first-order valence-electron chi connectivity index (χ1n) is 13.6. The van der Waals surface area contributed by atoms with E-state index in [-0.39, 0.29) is 6.79 Å². The van der Waals surface area contributed by atoms with Crippen molar-refractivity contribution in [2.45, 2.75) is 52.7 Å². The Morgan fingerprint density at radius 2 is 1.66 bits per heavy atom. The van der Waals surface area contributed by atoms with Crippen LogP contribution >= 0.6 is 0 Å². The number of rotatable bonds is 12. The number of aryl methyl sites for hydroxylation is 1. The molecule has 0 radical (unpaired) electrons. The van der Waals surface area contributed by atoms with E-state index in [0.717, 1.165) is 61.8 Å². The number of ether oxygens (including phenoxy) is 3. The van der Waals surface area contributed by atoms with Gasteiger partial charge in [0, 0.05) is 37.8 Å². The van der Waals surface area contributed by atoms with Crippen LogP contribution < -0.4 is 14.2 Å². The molecule has 0 bridgehead atoms. The van der Waals surface area contributed by atoms with Gasteiger partial charge in [0.25, 0.3) is 0 Å². The number of fused-ring (bicyclic) bond motifs is 1.